The zero-order valence-corrected chi connectivity index (χ0v) is 18.3. The van der Waals surface area contributed by atoms with Crippen LogP contribution in [0.4, 0.5) is 14.5 Å². The molecular weight excluding hydrogens is 450 g/mol. The van der Waals surface area contributed by atoms with Crippen molar-refractivity contribution in [2.24, 2.45) is 0 Å². The molecule has 1 unspecified atom stereocenters. The molecule has 1 saturated carbocycles. The molecule has 1 aromatic heterocycles. The van der Waals surface area contributed by atoms with Crippen molar-refractivity contribution >= 4 is 33.0 Å². The van der Waals surface area contributed by atoms with Crippen molar-refractivity contribution in [2.45, 2.75) is 37.5 Å². The van der Waals surface area contributed by atoms with Crippen LogP contribution >= 0.6 is 11.6 Å². The number of nitrogens with one attached hydrogen (secondary N) is 2. The Balaban J connectivity index is 1.72. The van der Waals surface area contributed by atoms with Crippen molar-refractivity contribution in [1.29, 1.82) is 0 Å². The fourth-order valence-electron chi connectivity index (χ4n) is 2.90. The predicted octanol–water partition coefficient (Wildman–Crippen LogP) is 3.60. The maximum absolute atomic E-state index is 15.0. The summed E-state index contributed by atoms with van der Waals surface area (Å²) in [6.07, 6.45) is 5.60. The van der Waals surface area contributed by atoms with E-state index in [2.05, 4.69) is 20.6 Å². The molecule has 0 saturated heterocycles. The van der Waals surface area contributed by atoms with Crippen molar-refractivity contribution in [3.63, 3.8) is 0 Å². The summed E-state index contributed by atoms with van der Waals surface area (Å²) in [5.74, 6) is -1.39. The standard InChI is InChI=1S/C20H21ClF2N4O3S/c1-12(6-9-31(2,29)30)26-19(28)18-24-10-13(11-25-18)27-17(20(23)7-8-20)14-4-3-5-15(22)16(14)21/h3-6,9-12,17,27H,7-8H2,1-2H3,(H,26,28)/b9-6+/t12-,17?/m1/s1. The lowest BCUT2D eigenvalue weighted by Gasteiger charge is -2.24. The second-order valence-corrected chi connectivity index (χ2v) is 9.78. The molecule has 11 heteroatoms. The van der Waals surface area contributed by atoms with Crippen LogP contribution in [0.3, 0.4) is 0 Å². The number of hydrogen-bond donors (Lipinski definition) is 2. The van der Waals surface area contributed by atoms with Crippen LogP contribution in [0.1, 0.15) is 42.0 Å². The van der Waals surface area contributed by atoms with E-state index in [1.54, 1.807) is 13.0 Å². The molecule has 1 aliphatic rings. The number of anilines is 1. The minimum absolute atomic E-state index is 0.146. The van der Waals surface area contributed by atoms with E-state index >= 15 is 0 Å². The molecule has 1 amide bonds. The van der Waals surface area contributed by atoms with E-state index < -0.39 is 39.3 Å². The zero-order chi connectivity index (χ0) is 22.8. The Bertz CT molecular complexity index is 1110. The molecule has 0 aliphatic heterocycles. The molecular formula is C20H21ClF2N4O3S. The third-order valence-electron chi connectivity index (χ3n) is 4.68. The molecule has 3 rings (SSSR count). The van der Waals surface area contributed by atoms with Gasteiger partial charge in [0.05, 0.1) is 29.1 Å². The fraction of sp³-hybridized carbons (Fsp3) is 0.350. The van der Waals surface area contributed by atoms with Crippen LogP contribution in [-0.2, 0) is 9.84 Å². The molecule has 0 radical (unpaired) electrons. The SMILES string of the molecule is C[C@H](/C=C/S(C)(=O)=O)NC(=O)c1ncc(NC(c2cccc(F)c2Cl)C2(F)CC2)cn1. The summed E-state index contributed by atoms with van der Waals surface area (Å²) in [7, 11) is -3.31. The van der Waals surface area contributed by atoms with Crippen LogP contribution in [0.5, 0.6) is 0 Å². The average molecular weight is 471 g/mol. The van der Waals surface area contributed by atoms with Crippen molar-refractivity contribution < 1.29 is 22.0 Å². The highest BCUT2D eigenvalue weighted by Gasteiger charge is 2.52. The van der Waals surface area contributed by atoms with Gasteiger partial charge in [0.2, 0.25) is 5.82 Å². The molecule has 1 fully saturated rings. The van der Waals surface area contributed by atoms with E-state index in [0.717, 1.165) is 11.7 Å². The van der Waals surface area contributed by atoms with Crippen molar-refractivity contribution in [3.05, 3.63) is 64.3 Å². The Labute approximate surface area is 183 Å². The Kier molecular flexibility index (Phi) is 6.61. The lowest BCUT2D eigenvalue weighted by molar-refractivity contribution is 0.0936. The van der Waals surface area contributed by atoms with Crippen LogP contribution in [0.15, 0.2) is 42.1 Å². The molecule has 31 heavy (non-hydrogen) atoms. The summed E-state index contributed by atoms with van der Waals surface area (Å²) >= 11 is 6.05. The third-order valence-corrected chi connectivity index (χ3v) is 5.73. The highest BCUT2D eigenvalue weighted by Crippen LogP contribution is 2.52. The van der Waals surface area contributed by atoms with Gasteiger partial charge in [-0.05, 0) is 31.4 Å². The van der Waals surface area contributed by atoms with Crippen LogP contribution < -0.4 is 10.6 Å². The van der Waals surface area contributed by atoms with Gasteiger partial charge in [-0.25, -0.2) is 27.2 Å². The largest absolute Gasteiger partial charge is 0.373 e. The minimum atomic E-state index is -3.31. The highest BCUT2D eigenvalue weighted by molar-refractivity contribution is 7.93. The van der Waals surface area contributed by atoms with Gasteiger partial charge in [-0.3, -0.25) is 4.79 Å². The Morgan fingerprint density at radius 3 is 2.52 bits per heavy atom. The van der Waals surface area contributed by atoms with E-state index in [1.165, 1.54) is 30.6 Å². The average Bonchev–Trinajstić information content (AvgIpc) is 3.45. The van der Waals surface area contributed by atoms with Gasteiger partial charge in [0.25, 0.3) is 5.91 Å². The van der Waals surface area contributed by atoms with E-state index in [1.807, 2.05) is 0 Å². The summed E-state index contributed by atoms with van der Waals surface area (Å²) in [6.45, 7) is 1.60. The second kappa shape index (κ2) is 8.88. The maximum atomic E-state index is 15.0. The minimum Gasteiger partial charge on any atom is -0.373 e. The van der Waals surface area contributed by atoms with Gasteiger partial charge in [-0.1, -0.05) is 29.8 Å². The molecule has 166 valence electrons. The first-order valence-corrected chi connectivity index (χ1v) is 11.7. The number of alkyl halides is 1. The van der Waals surface area contributed by atoms with E-state index in [4.69, 9.17) is 11.6 Å². The Morgan fingerprint density at radius 2 is 1.94 bits per heavy atom. The summed E-state index contributed by atoms with van der Waals surface area (Å²) in [5.41, 5.74) is -0.958. The van der Waals surface area contributed by atoms with Crippen LogP contribution in [-0.4, -0.2) is 42.3 Å². The van der Waals surface area contributed by atoms with Gasteiger partial charge < -0.3 is 10.6 Å². The summed E-state index contributed by atoms with van der Waals surface area (Å²) in [4.78, 5) is 20.2. The molecule has 1 aliphatic carbocycles. The van der Waals surface area contributed by atoms with Crippen LogP contribution in [0, 0.1) is 5.82 Å². The smallest absolute Gasteiger partial charge is 0.289 e. The summed E-state index contributed by atoms with van der Waals surface area (Å²) in [6, 6.07) is 2.74. The normalized spacial score (nSPS) is 17.2. The maximum Gasteiger partial charge on any atom is 0.289 e. The molecule has 1 aromatic carbocycles. The van der Waals surface area contributed by atoms with E-state index in [-0.39, 0.29) is 16.4 Å². The van der Waals surface area contributed by atoms with Gasteiger partial charge in [-0.15, -0.1) is 0 Å². The molecule has 0 bridgehead atoms. The lowest BCUT2D eigenvalue weighted by atomic mass is 10.00. The van der Waals surface area contributed by atoms with Crippen molar-refractivity contribution in [1.82, 2.24) is 15.3 Å². The molecule has 7 nitrogen and oxygen atoms in total. The highest BCUT2D eigenvalue weighted by atomic mass is 35.5. The number of hydrogen-bond acceptors (Lipinski definition) is 6. The fourth-order valence-corrected chi connectivity index (χ4v) is 3.66. The van der Waals surface area contributed by atoms with E-state index in [0.29, 0.717) is 18.5 Å². The number of rotatable bonds is 8. The van der Waals surface area contributed by atoms with Gasteiger partial charge in [0.1, 0.15) is 11.5 Å². The van der Waals surface area contributed by atoms with Gasteiger partial charge in [0, 0.05) is 17.7 Å². The number of nitrogens with zero attached hydrogens (tertiary/aromatic N) is 2. The zero-order valence-electron chi connectivity index (χ0n) is 16.8. The topological polar surface area (TPSA) is 101 Å². The number of carbonyl (C=O) groups excluding carboxylic acids is 1. The van der Waals surface area contributed by atoms with Crippen molar-refractivity contribution in [2.75, 3.05) is 11.6 Å². The lowest BCUT2D eigenvalue weighted by Crippen LogP contribution is -2.32. The first-order valence-electron chi connectivity index (χ1n) is 9.39. The molecule has 2 aromatic rings. The molecule has 2 atom stereocenters. The molecule has 0 spiro atoms. The Hall–Kier alpha value is -2.59. The van der Waals surface area contributed by atoms with Gasteiger partial charge in [0.15, 0.2) is 9.84 Å². The first kappa shape index (κ1) is 23.1. The molecule has 1 heterocycles. The van der Waals surface area contributed by atoms with Crippen molar-refractivity contribution in [3.8, 4) is 0 Å². The Morgan fingerprint density at radius 1 is 1.29 bits per heavy atom. The second-order valence-electron chi connectivity index (χ2n) is 7.47. The van der Waals surface area contributed by atoms with Gasteiger partial charge in [-0.2, -0.15) is 0 Å². The summed E-state index contributed by atoms with van der Waals surface area (Å²) < 4.78 is 51.1. The van der Waals surface area contributed by atoms with Crippen LogP contribution in [0.25, 0.3) is 0 Å². The third kappa shape index (κ3) is 5.98. The van der Waals surface area contributed by atoms with Crippen LogP contribution in [0.2, 0.25) is 5.02 Å². The number of sulfone groups is 1. The monoisotopic (exact) mass is 470 g/mol. The predicted molar refractivity (Wildman–Crippen MR) is 114 cm³/mol. The van der Waals surface area contributed by atoms with Gasteiger partial charge >= 0.3 is 0 Å². The first-order chi connectivity index (χ1) is 14.5. The number of carbonyl (C=O) groups is 1. The number of aromatic nitrogens is 2. The summed E-state index contributed by atoms with van der Waals surface area (Å²) in [5, 5.41) is 6.34. The number of amides is 1. The quantitative estimate of drug-likeness (QED) is 0.611. The molecule has 2 N–H and O–H groups in total. The number of halogens is 3. The van der Waals surface area contributed by atoms with E-state index in [9.17, 15) is 22.0 Å². The number of benzene rings is 1.